The third kappa shape index (κ3) is 2.74. The fourth-order valence-electron chi connectivity index (χ4n) is 8.32. The molecule has 0 spiro atoms. The summed E-state index contributed by atoms with van der Waals surface area (Å²) in [4.78, 5) is 0. The molecule has 1 heterocycles. The van der Waals surface area contributed by atoms with Crippen molar-refractivity contribution in [2.75, 3.05) is 0 Å². The molecule has 0 amide bonds. The van der Waals surface area contributed by atoms with Crippen molar-refractivity contribution >= 4 is 13.3 Å². The Morgan fingerprint density at radius 2 is 0.720 bits per heavy atom. The quantitative estimate of drug-likeness (QED) is 0.327. The normalized spacial score (nSPS) is 53.0. The average Bonchev–Trinajstić information content (AvgIpc) is 3.03. The Morgan fingerprint density at radius 1 is 0.480 bits per heavy atom. The third-order valence-electron chi connectivity index (χ3n) is 10.5. The van der Waals surface area contributed by atoms with Crippen LogP contribution in [0.4, 0.5) is 0 Å². The minimum atomic E-state index is -2.06. The van der Waals surface area contributed by atoms with Crippen LogP contribution in [0.5, 0.6) is 0 Å². The summed E-state index contributed by atoms with van der Waals surface area (Å²) >= 11 is -2.06. The van der Waals surface area contributed by atoms with Gasteiger partial charge in [0.05, 0.1) is 0 Å². The van der Waals surface area contributed by atoms with E-state index in [1.807, 2.05) is 0 Å². The topological polar surface area (TPSA) is 0 Å². The van der Waals surface area contributed by atoms with Crippen LogP contribution in [0.3, 0.4) is 0 Å². The van der Waals surface area contributed by atoms with Crippen molar-refractivity contribution in [2.45, 2.75) is 89.2 Å². The molecule has 1 heteroatoms. The first-order valence-electron chi connectivity index (χ1n) is 11.2. The van der Waals surface area contributed by atoms with Crippen LogP contribution < -0.4 is 0 Å². The van der Waals surface area contributed by atoms with Crippen LogP contribution in [0.15, 0.2) is 11.1 Å². The first-order chi connectivity index (χ1) is 11.5. The van der Waals surface area contributed by atoms with Gasteiger partial charge in [0.1, 0.15) is 0 Å². The maximum absolute atomic E-state index is 2.64. The van der Waals surface area contributed by atoms with Gasteiger partial charge < -0.3 is 0 Å². The molecule has 0 bridgehead atoms. The molecule has 25 heavy (non-hydrogen) atoms. The van der Waals surface area contributed by atoms with Crippen LogP contribution in [-0.2, 0) is 0 Å². The molecule has 0 aromatic heterocycles. The molecular formula is C24H44Ge. The fraction of sp³-hybridized carbons (Fsp3) is 0.917. The Bertz CT molecular complexity index is 470. The van der Waals surface area contributed by atoms with Crippen molar-refractivity contribution in [3.05, 3.63) is 11.1 Å². The van der Waals surface area contributed by atoms with Gasteiger partial charge in [0.25, 0.3) is 0 Å². The van der Waals surface area contributed by atoms with Crippen molar-refractivity contribution < 1.29 is 0 Å². The summed E-state index contributed by atoms with van der Waals surface area (Å²) in [6.45, 7) is 25.8. The maximum atomic E-state index is 2.64. The molecule has 1 aliphatic heterocycles. The summed E-state index contributed by atoms with van der Waals surface area (Å²) in [5.41, 5.74) is 3.61. The van der Waals surface area contributed by atoms with E-state index in [0.29, 0.717) is 0 Å². The van der Waals surface area contributed by atoms with E-state index in [2.05, 4.69) is 69.2 Å². The number of rotatable bonds is 2. The number of hydrogen-bond donors (Lipinski definition) is 0. The van der Waals surface area contributed by atoms with Gasteiger partial charge in [-0.2, -0.15) is 0 Å². The predicted molar refractivity (Wildman–Crippen MR) is 115 cm³/mol. The molecule has 0 nitrogen and oxygen atoms in total. The molecule has 0 aromatic rings. The molecular weight excluding hydrogens is 361 g/mol. The van der Waals surface area contributed by atoms with Crippen LogP contribution in [0.1, 0.15) is 69.2 Å². The van der Waals surface area contributed by atoms with E-state index in [-0.39, 0.29) is 0 Å². The van der Waals surface area contributed by atoms with Gasteiger partial charge in [0.2, 0.25) is 0 Å². The second-order valence-corrected chi connectivity index (χ2v) is 20.5. The van der Waals surface area contributed by atoms with Crippen molar-refractivity contribution in [1.82, 2.24) is 0 Å². The molecule has 10 atom stereocenters. The van der Waals surface area contributed by atoms with E-state index in [0.717, 1.165) is 56.8 Å². The Hall–Kier alpha value is 0.283. The van der Waals surface area contributed by atoms with E-state index in [1.165, 1.54) is 0 Å². The molecule has 144 valence electrons. The molecule has 2 aliphatic carbocycles. The zero-order chi connectivity index (χ0) is 18.8. The van der Waals surface area contributed by atoms with E-state index in [1.54, 1.807) is 21.7 Å². The molecule has 0 saturated heterocycles. The Balaban J connectivity index is 2.08. The van der Waals surface area contributed by atoms with Crippen molar-refractivity contribution in [1.29, 1.82) is 0 Å². The summed E-state index contributed by atoms with van der Waals surface area (Å²) < 4.78 is 2.18. The number of allylic oxidation sites excluding steroid dienone is 2. The second kappa shape index (κ2) is 6.71. The molecule has 0 N–H and O–H groups in total. The summed E-state index contributed by atoms with van der Waals surface area (Å²) in [5, 5.41) is 3.15. The first kappa shape index (κ1) is 20.0. The summed E-state index contributed by atoms with van der Waals surface area (Å²) in [7, 11) is 0. The molecule has 2 fully saturated rings. The Kier molecular flexibility index (Phi) is 5.38. The SMILES string of the molecule is CC1=C(C)[CH2][Ge]([CH]2C(C)C(C)[C@@H](C)C2C)([CH]2C(C)C(C)[C@@H](C)C2C)[CH2]1. The third-order valence-corrected chi connectivity index (χ3v) is 25.5. The molecule has 8 unspecified atom stereocenters. The fourth-order valence-corrected chi connectivity index (χ4v) is 28.2. The van der Waals surface area contributed by atoms with E-state index >= 15 is 0 Å². The average molecular weight is 405 g/mol. The second-order valence-electron chi connectivity index (χ2n) is 11.1. The zero-order valence-corrected chi connectivity index (χ0v) is 20.8. The van der Waals surface area contributed by atoms with Crippen LogP contribution in [0, 0.1) is 47.3 Å². The van der Waals surface area contributed by atoms with E-state index < -0.39 is 13.3 Å². The Labute approximate surface area is 161 Å². The number of hydrogen-bond acceptors (Lipinski definition) is 0. The minimum absolute atomic E-state index is 0.922. The van der Waals surface area contributed by atoms with Gasteiger partial charge in [-0.1, -0.05) is 0 Å². The van der Waals surface area contributed by atoms with Crippen LogP contribution in [0.25, 0.3) is 0 Å². The van der Waals surface area contributed by atoms with Crippen molar-refractivity contribution in [3.63, 3.8) is 0 Å². The first-order valence-corrected chi connectivity index (χ1v) is 16.6. The molecule has 0 aromatic carbocycles. The molecule has 3 rings (SSSR count). The molecule has 3 aliphatic rings. The summed E-state index contributed by atoms with van der Waals surface area (Å²) in [6, 6.07) is 0. The van der Waals surface area contributed by atoms with Gasteiger partial charge in [-0.05, 0) is 0 Å². The van der Waals surface area contributed by atoms with E-state index in [9.17, 15) is 0 Å². The van der Waals surface area contributed by atoms with E-state index in [4.69, 9.17) is 0 Å². The van der Waals surface area contributed by atoms with Gasteiger partial charge in [0.15, 0.2) is 0 Å². The van der Waals surface area contributed by atoms with Gasteiger partial charge >= 0.3 is 161 Å². The van der Waals surface area contributed by atoms with Gasteiger partial charge in [-0.25, -0.2) is 0 Å². The van der Waals surface area contributed by atoms with Gasteiger partial charge in [0, 0.05) is 0 Å². The monoisotopic (exact) mass is 406 g/mol. The standard InChI is InChI=1S/C24H44Ge/c1-13-11-25(12-14(13)2,23-19(7)15(3)16(4)20(23)8)24-21(9)17(5)18(6)22(24)10/h15-24H,11-12H2,1-10H3/t15-,16?,17-,18?,19?,20?,21?,22?,23?,24?/m1/s1. The van der Waals surface area contributed by atoms with Crippen molar-refractivity contribution in [2.24, 2.45) is 47.3 Å². The van der Waals surface area contributed by atoms with Crippen LogP contribution >= 0.6 is 0 Å². The molecule has 0 radical (unpaired) electrons. The van der Waals surface area contributed by atoms with Crippen molar-refractivity contribution in [3.8, 4) is 0 Å². The van der Waals surface area contributed by atoms with Gasteiger partial charge in [-0.3, -0.25) is 0 Å². The van der Waals surface area contributed by atoms with Crippen LogP contribution in [-0.4, -0.2) is 13.3 Å². The molecule has 2 saturated carbocycles. The van der Waals surface area contributed by atoms with Crippen LogP contribution in [0.2, 0.25) is 20.0 Å². The summed E-state index contributed by atoms with van der Waals surface area (Å²) in [5.74, 6) is 7.50. The Morgan fingerprint density at radius 3 is 0.960 bits per heavy atom. The summed E-state index contributed by atoms with van der Waals surface area (Å²) in [6.07, 6.45) is 0. The zero-order valence-electron chi connectivity index (χ0n) is 18.7. The predicted octanol–water partition coefficient (Wildman–Crippen LogP) is 7.64. The van der Waals surface area contributed by atoms with Gasteiger partial charge in [-0.15, -0.1) is 0 Å².